The molecule has 1 aromatic heterocycles. The third-order valence-electron chi connectivity index (χ3n) is 3.98. The van der Waals surface area contributed by atoms with E-state index >= 15 is 0 Å². The molecule has 1 aliphatic heterocycles. The second kappa shape index (κ2) is 5.59. The maximum Gasteiger partial charge on any atom is 0.246 e. The van der Waals surface area contributed by atoms with Crippen LogP contribution in [-0.2, 0) is 16.6 Å². The van der Waals surface area contributed by atoms with Crippen molar-refractivity contribution in [2.24, 2.45) is 0 Å². The third kappa shape index (κ3) is 3.22. The molecule has 1 fully saturated rings. The minimum atomic E-state index is -3.46. The zero-order valence-electron chi connectivity index (χ0n) is 12.6. The van der Waals surface area contributed by atoms with Gasteiger partial charge >= 0.3 is 0 Å². The summed E-state index contributed by atoms with van der Waals surface area (Å²) in [5, 5.41) is 3.34. The van der Waals surface area contributed by atoms with Gasteiger partial charge in [0.1, 0.15) is 16.4 Å². The van der Waals surface area contributed by atoms with Gasteiger partial charge in [-0.25, -0.2) is 8.42 Å². The summed E-state index contributed by atoms with van der Waals surface area (Å²) in [5.41, 5.74) is 1.10. The summed E-state index contributed by atoms with van der Waals surface area (Å²) in [5.74, 6) is 1.18. The van der Waals surface area contributed by atoms with Crippen LogP contribution in [0.1, 0.15) is 37.7 Å². The van der Waals surface area contributed by atoms with Crippen LogP contribution in [0.15, 0.2) is 27.0 Å². The Kier molecular flexibility index (Phi) is 3.94. The van der Waals surface area contributed by atoms with Crippen LogP contribution in [0.3, 0.4) is 0 Å². The molecule has 5 nitrogen and oxygen atoms in total. The van der Waals surface area contributed by atoms with E-state index < -0.39 is 10.0 Å². The molecule has 1 aliphatic carbocycles. The molecule has 0 spiro atoms. The van der Waals surface area contributed by atoms with Gasteiger partial charge in [0, 0.05) is 25.2 Å². The summed E-state index contributed by atoms with van der Waals surface area (Å²) in [6.45, 7) is 5.30. The molecule has 1 N–H and O–H groups in total. The van der Waals surface area contributed by atoms with Gasteiger partial charge in [0.2, 0.25) is 10.0 Å². The fraction of sp³-hybridized carbons (Fsp3) is 0.600. The first-order valence-electron chi connectivity index (χ1n) is 7.45. The highest BCUT2D eigenvalue weighted by Crippen LogP contribution is 2.27. The van der Waals surface area contributed by atoms with Crippen LogP contribution in [0.5, 0.6) is 0 Å². The second-order valence-corrected chi connectivity index (χ2v) is 7.87. The van der Waals surface area contributed by atoms with Gasteiger partial charge in [-0.05, 0) is 33.1 Å². The Balaban J connectivity index is 1.79. The average molecular weight is 310 g/mol. The van der Waals surface area contributed by atoms with E-state index in [-0.39, 0.29) is 0 Å². The van der Waals surface area contributed by atoms with Crippen molar-refractivity contribution in [3.8, 4) is 0 Å². The zero-order valence-corrected chi connectivity index (χ0v) is 13.4. The minimum Gasteiger partial charge on any atom is -0.464 e. The number of aryl methyl sites for hydroxylation is 1. The monoisotopic (exact) mass is 310 g/mol. The standard InChI is InChI=1S/C15H22N2O3S/c1-11-4-3-7-17(10-11)21(18,19)15-8-14(20-12(15)2)9-16-13-5-6-13/h4,8,13,16H,3,5-7,9-10H2,1-2H3. The highest BCUT2D eigenvalue weighted by Gasteiger charge is 2.30. The summed E-state index contributed by atoms with van der Waals surface area (Å²) < 4.78 is 32.6. The van der Waals surface area contributed by atoms with E-state index in [0.717, 1.165) is 12.0 Å². The van der Waals surface area contributed by atoms with Crippen molar-refractivity contribution in [1.82, 2.24) is 9.62 Å². The number of rotatable bonds is 5. The lowest BCUT2D eigenvalue weighted by atomic mass is 10.2. The Bertz CT molecular complexity index is 656. The SMILES string of the molecule is CC1=CCCN(S(=O)(=O)c2cc(CNC3CC3)oc2C)C1. The highest BCUT2D eigenvalue weighted by molar-refractivity contribution is 7.89. The Hall–Kier alpha value is -1.11. The fourth-order valence-electron chi connectivity index (χ4n) is 2.62. The van der Waals surface area contributed by atoms with Crippen LogP contribution in [0.2, 0.25) is 0 Å². The molecule has 2 heterocycles. The van der Waals surface area contributed by atoms with Crippen molar-refractivity contribution < 1.29 is 12.8 Å². The zero-order chi connectivity index (χ0) is 15.0. The molecule has 0 aromatic carbocycles. The maximum atomic E-state index is 12.7. The molecular weight excluding hydrogens is 288 g/mol. The number of sulfonamides is 1. The minimum absolute atomic E-state index is 0.310. The Morgan fingerprint density at radius 1 is 1.38 bits per heavy atom. The van der Waals surface area contributed by atoms with E-state index in [0.29, 0.717) is 42.1 Å². The Labute approximate surface area is 126 Å². The Morgan fingerprint density at radius 2 is 2.14 bits per heavy atom. The fourth-order valence-corrected chi connectivity index (χ4v) is 4.30. The van der Waals surface area contributed by atoms with Crippen LogP contribution in [0, 0.1) is 6.92 Å². The smallest absolute Gasteiger partial charge is 0.246 e. The molecule has 2 aliphatic rings. The first-order chi connectivity index (χ1) is 9.96. The average Bonchev–Trinajstić information content (AvgIpc) is 3.19. The molecule has 0 saturated heterocycles. The Morgan fingerprint density at radius 3 is 2.81 bits per heavy atom. The summed E-state index contributed by atoms with van der Waals surface area (Å²) >= 11 is 0. The highest BCUT2D eigenvalue weighted by atomic mass is 32.2. The lowest BCUT2D eigenvalue weighted by Crippen LogP contribution is -2.35. The molecule has 0 bridgehead atoms. The molecule has 1 aromatic rings. The van der Waals surface area contributed by atoms with Gasteiger partial charge in [-0.1, -0.05) is 11.6 Å². The first kappa shape index (κ1) is 14.8. The summed E-state index contributed by atoms with van der Waals surface area (Å²) in [4.78, 5) is 0.310. The van der Waals surface area contributed by atoms with Crippen molar-refractivity contribution in [2.75, 3.05) is 13.1 Å². The predicted molar refractivity (Wildman–Crippen MR) is 80.4 cm³/mol. The number of hydrogen-bond donors (Lipinski definition) is 1. The second-order valence-electron chi connectivity index (χ2n) is 5.97. The number of nitrogens with one attached hydrogen (secondary N) is 1. The van der Waals surface area contributed by atoms with Gasteiger partial charge in [0.15, 0.2) is 0 Å². The lowest BCUT2D eigenvalue weighted by molar-refractivity contribution is 0.423. The molecule has 21 heavy (non-hydrogen) atoms. The molecule has 6 heteroatoms. The molecule has 3 rings (SSSR count). The number of furan rings is 1. The topological polar surface area (TPSA) is 62.6 Å². The van der Waals surface area contributed by atoms with Gasteiger partial charge in [0.05, 0.1) is 6.54 Å². The molecule has 0 unspecified atom stereocenters. The normalized spacial score (nSPS) is 20.6. The quantitative estimate of drug-likeness (QED) is 0.847. The van der Waals surface area contributed by atoms with Gasteiger partial charge < -0.3 is 9.73 Å². The van der Waals surface area contributed by atoms with E-state index in [1.54, 1.807) is 13.0 Å². The van der Waals surface area contributed by atoms with Crippen LogP contribution in [0.25, 0.3) is 0 Å². The molecule has 0 atom stereocenters. The van der Waals surface area contributed by atoms with E-state index in [9.17, 15) is 8.42 Å². The van der Waals surface area contributed by atoms with E-state index in [4.69, 9.17) is 4.42 Å². The van der Waals surface area contributed by atoms with Crippen molar-refractivity contribution in [1.29, 1.82) is 0 Å². The number of nitrogens with zero attached hydrogens (tertiary/aromatic N) is 1. The molecule has 0 radical (unpaired) electrons. The van der Waals surface area contributed by atoms with Crippen LogP contribution in [0.4, 0.5) is 0 Å². The largest absolute Gasteiger partial charge is 0.464 e. The van der Waals surface area contributed by atoms with Gasteiger partial charge in [-0.15, -0.1) is 0 Å². The van der Waals surface area contributed by atoms with Crippen LogP contribution in [-0.4, -0.2) is 31.9 Å². The van der Waals surface area contributed by atoms with E-state index in [2.05, 4.69) is 11.4 Å². The van der Waals surface area contributed by atoms with Crippen LogP contribution >= 0.6 is 0 Å². The summed E-state index contributed by atoms with van der Waals surface area (Å²) in [6.07, 6.45) is 5.27. The van der Waals surface area contributed by atoms with Crippen molar-refractivity contribution >= 4 is 10.0 Å². The van der Waals surface area contributed by atoms with E-state index in [1.807, 2.05) is 6.92 Å². The van der Waals surface area contributed by atoms with Gasteiger partial charge in [-0.3, -0.25) is 0 Å². The van der Waals surface area contributed by atoms with Gasteiger partial charge in [0.25, 0.3) is 0 Å². The van der Waals surface area contributed by atoms with Gasteiger partial charge in [-0.2, -0.15) is 4.31 Å². The predicted octanol–water partition coefficient (Wildman–Crippen LogP) is 2.18. The maximum absolute atomic E-state index is 12.7. The third-order valence-corrected chi connectivity index (χ3v) is 5.93. The molecule has 1 saturated carbocycles. The van der Waals surface area contributed by atoms with E-state index in [1.165, 1.54) is 17.1 Å². The van der Waals surface area contributed by atoms with Crippen molar-refractivity contribution in [2.45, 2.75) is 50.6 Å². The lowest BCUT2D eigenvalue weighted by Gasteiger charge is -2.25. The molecular formula is C15H22N2O3S. The van der Waals surface area contributed by atoms with Crippen molar-refractivity contribution in [3.05, 3.63) is 29.2 Å². The molecule has 116 valence electrons. The van der Waals surface area contributed by atoms with Crippen molar-refractivity contribution in [3.63, 3.8) is 0 Å². The summed E-state index contributed by atoms with van der Waals surface area (Å²) in [6, 6.07) is 2.25. The summed E-state index contributed by atoms with van der Waals surface area (Å²) in [7, 11) is -3.46. The molecule has 0 amide bonds. The van der Waals surface area contributed by atoms with Crippen LogP contribution < -0.4 is 5.32 Å². The first-order valence-corrected chi connectivity index (χ1v) is 8.89. The number of hydrogen-bond acceptors (Lipinski definition) is 4.